The highest BCUT2D eigenvalue weighted by molar-refractivity contribution is 5.47. The Balaban J connectivity index is 3.09. The number of hydrogen-bond donors (Lipinski definition) is 2. The molecule has 1 unspecified atom stereocenters. The van der Waals surface area contributed by atoms with Crippen molar-refractivity contribution >= 4 is 5.82 Å². The van der Waals surface area contributed by atoms with Gasteiger partial charge in [-0.05, 0) is 19.8 Å². The first-order valence-corrected chi connectivity index (χ1v) is 5.86. The van der Waals surface area contributed by atoms with E-state index in [1.165, 1.54) is 0 Å². The Morgan fingerprint density at radius 2 is 1.94 bits per heavy atom. The van der Waals surface area contributed by atoms with E-state index in [0.29, 0.717) is 18.2 Å². The average molecular weight is 238 g/mol. The number of anilines is 1. The van der Waals surface area contributed by atoms with Gasteiger partial charge in [-0.1, -0.05) is 13.8 Å². The molecule has 0 spiro atoms. The van der Waals surface area contributed by atoms with Crippen LogP contribution < -0.4 is 11.3 Å². The van der Waals surface area contributed by atoms with E-state index in [-0.39, 0.29) is 6.10 Å². The minimum Gasteiger partial charge on any atom is -0.381 e. The number of aryl methyl sites for hydroxylation is 1. The Hall–Kier alpha value is -1.20. The summed E-state index contributed by atoms with van der Waals surface area (Å²) in [5, 5.41) is 0. The molecule has 1 aromatic rings. The minimum atomic E-state index is 0.102. The lowest BCUT2D eigenvalue weighted by molar-refractivity contribution is 0.117. The van der Waals surface area contributed by atoms with Crippen LogP contribution in [0.4, 0.5) is 5.82 Å². The number of methoxy groups -OCH3 is 1. The van der Waals surface area contributed by atoms with E-state index in [9.17, 15) is 0 Å². The molecule has 96 valence electrons. The van der Waals surface area contributed by atoms with Crippen LogP contribution in [0.25, 0.3) is 0 Å². The lowest BCUT2D eigenvalue weighted by Gasteiger charge is -2.16. The molecule has 5 nitrogen and oxygen atoms in total. The Labute approximate surface area is 103 Å². The standard InChI is InChI=1S/C12H22N4O/c1-7(2)11-9(4)14-10(6-8(3)17-5)15-12(11)16-13/h7-8H,6,13H2,1-5H3,(H,14,15,16). The molecular weight excluding hydrogens is 216 g/mol. The summed E-state index contributed by atoms with van der Waals surface area (Å²) in [5.41, 5.74) is 4.70. The summed E-state index contributed by atoms with van der Waals surface area (Å²) in [6.45, 7) is 8.18. The maximum absolute atomic E-state index is 5.52. The fourth-order valence-corrected chi connectivity index (χ4v) is 1.87. The van der Waals surface area contributed by atoms with Gasteiger partial charge in [0.05, 0.1) is 6.10 Å². The van der Waals surface area contributed by atoms with E-state index in [0.717, 1.165) is 17.1 Å². The number of aromatic nitrogens is 2. The minimum absolute atomic E-state index is 0.102. The summed E-state index contributed by atoms with van der Waals surface area (Å²) in [5.74, 6) is 7.33. The van der Waals surface area contributed by atoms with Gasteiger partial charge in [-0.3, -0.25) is 0 Å². The van der Waals surface area contributed by atoms with Crippen molar-refractivity contribution in [3.63, 3.8) is 0 Å². The highest BCUT2D eigenvalue weighted by Crippen LogP contribution is 2.24. The number of nitrogen functional groups attached to an aromatic ring is 1. The largest absolute Gasteiger partial charge is 0.381 e. The Morgan fingerprint density at radius 3 is 2.41 bits per heavy atom. The molecule has 1 heterocycles. The number of nitrogens with two attached hydrogens (primary N) is 1. The zero-order valence-corrected chi connectivity index (χ0v) is 11.2. The first kappa shape index (κ1) is 13.9. The van der Waals surface area contributed by atoms with Crippen LogP contribution in [-0.2, 0) is 11.2 Å². The van der Waals surface area contributed by atoms with Crippen molar-refractivity contribution in [2.75, 3.05) is 12.5 Å². The van der Waals surface area contributed by atoms with Gasteiger partial charge in [0.1, 0.15) is 11.6 Å². The highest BCUT2D eigenvalue weighted by Gasteiger charge is 2.15. The van der Waals surface area contributed by atoms with Gasteiger partial charge in [-0.2, -0.15) is 0 Å². The summed E-state index contributed by atoms with van der Waals surface area (Å²) in [7, 11) is 1.68. The van der Waals surface area contributed by atoms with Gasteiger partial charge in [-0.25, -0.2) is 15.8 Å². The molecule has 0 aliphatic rings. The van der Waals surface area contributed by atoms with E-state index in [2.05, 4.69) is 29.2 Å². The van der Waals surface area contributed by atoms with Crippen molar-refractivity contribution in [1.82, 2.24) is 9.97 Å². The average Bonchev–Trinajstić information content (AvgIpc) is 2.27. The molecule has 3 N–H and O–H groups in total. The van der Waals surface area contributed by atoms with Crippen molar-refractivity contribution < 1.29 is 4.74 Å². The van der Waals surface area contributed by atoms with Crippen LogP contribution >= 0.6 is 0 Å². The molecule has 0 aliphatic heterocycles. The molecular formula is C12H22N4O. The van der Waals surface area contributed by atoms with E-state index >= 15 is 0 Å². The lowest BCUT2D eigenvalue weighted by Crippen LogP contribution is -2.18. The predicted molar refractivity (Wildman–Crippen MR) is 68.8 cm³/mol. The van der Waals surface area contributed by atoms with Crippen LogP contribution in [0, 0.1) is 6.92 Å². The van der Waals surface area contributed by atoms with Crippen LogP contribution in [0.5, 0.6) is 0 Å². The predicted octanol–water partition coefficient (Wildman–Crippen LogP) is 1.77. The van der Waals surface area contributed by atoms with Crippen molar-refractivity contribution in [1.29, 1.82) is 0 Å². The molecule has 5 heteroatoms. The molecule has 0 fully saturated rings. The zero-order chi connectivity index (χ0) is 13.0. The fourth-order valence-electron chi connectivity index (χ4n) is 1.87. The smallest absolute Gasteiger partial charge is 0.147 e. The molecule has 0 saturated carbocycles. The quantitative estimate of drug-likeness (QED) is 0.604. The third kappa shape index (κ3) is 3.38. The van der Waals surface area contributed by atoms with Gasteiger partial charge < -0.3 is 10.2 Å². The second-order valence-electron chi connectivity index (χ2n) is 4.54. The third-order valence-electron chi connectivity index (χ3n) is 2.77. The summed E-state index contributed by atoms with van der Waals surface area (Å²) in [6, 6.07) is 0. The Morgan fingerprint density at radius 1 is 1.29 bits per heavy atom. The molecule has 1 aromatic heterocycles. The highest BCUT2D eigenvalue weighted by atomic mass is 16.5. The van der Waals surface area contributed by atoms with Gasteiger partial charge in [0.25, 0.3) is 0 Å². The summed E-state index contributed by atoms with van der Waals surface area (Å²) < 4.78 is 5.21. The molecule has 1 atom stereocenters. The van der Waals surface area contributed by atoms with Crippen LogP contribution in [0.2, 0.25) is 0 Å². The van der Waals surface area contributed by atoms with Crippen LogP contribution in [0.3, 0.4) is 0 Å². The van der Waals surface area contributed by atoms with Gasteiger partial charge in [0.15, 0.2) is 0 Å². The topological polar surface area (TPSA) is 73.1 Å². The van der Waals surface area contributed by atoms with E-state index in [1.54, 1.807) is 7.11 Å². The SMILES string of the molecule is COC(C)Cc1nc(C)c(C(C)C)c(NN)n1. The number of rotatable bonds is 5. The number of nitrogens with zero attached hydrogens (tertiary/aromatic N) is 2. The molecule has 0 aromatic carbocycles. The van der Waals surface area contributed by atoms with Crippen molar-refractivity contribution in [2.45, 2.75) is 46.1 Å². The molecule has 0 bridgehead atoms. The van der Waals surface area contributed by atoms with Gasteiger partial charge in [-0.15, -0.1) is 0 Å². The van der Waals surface area contributed by atoms with Gasteiger partial charge >= 0.3 is 0 Å². The number of ether oxygens (including phenoxy) is 1. The second-order valence-corrected chi connectivity index (χ2v) is 4.54. The maximum atomic E-state index is 5.52. The van der Waals surface area contributed by atoms with Gasteiger partial charge in [0, 0.05) is 24.8 Å². The lowest BCUT2D eigenvalue weighted by atomic mass is 10.0. The van der Waals surface area contributed by atoms with Crippen LogP contribution in [0.1, 0.15) is 43.8 Å². The molecule has 17 heavy (non-hydrogen) atoms. The molecule has 0 amide bonds. The zero-order valence-electron chi connectivity index (χ0n) is 11.2. The normalized spacial score (nSPS) is 12.9. The first-order chi connectivity index (χ1) is 7.99. The van der Waals surface area contributed by atoms with E-state index < -0.39 is 0 Å². The summed E-state index contributed by atoms with van der Waals surface area (Å²) >= 11 is 0. The summed E-state index contributed by atoms with van der Waals surface area (Å²) in [4.78, 5) is 8.94. The monoisotopic (exact) mass is 238 g/mol. The third-order valence-corrected chi connectivity index (χ3v) is 2.77. The van der Waals surface area contributed by atoms with Gasteiger partial charge in [0.2, 0.25) is 0 Å². The van der Waals surface area contributed by atoms with Crippen LogP contribution in [-0.4, -0.2) is 23.2 Å². The summed E-state index contributed by atoms with van der Waals surface area (Å²) in [6.07, 6.45) is 0.787. The molecule has 0 aliphatic carbocycles. The Kier molecular flexibility index (Phi) is 4.84. The van der Waals surface area contributed by atoms with E-state index in [1.807, 2.05) is 13.8 Å². The van der Waals surface area contributed by atoms with Crippen molar-refractivity contribution in [3.05, 3.63) is 17.1 Å². The molecule has 0 saturated heterocycles. The van der Waals surface area contributed by atoms with E-state index in [4.69, 9.17) is 10.6 Å². The van der Waals surface area contributed by atoms with Crippen LogP contribution in [0.15, 0.2) is 0 Å². The van der Waals surface area contributed by atoms with Crippen molar-refractivity contribution in [3.8, 4) is 0 Å². The molecule has 1 rings (SSSR count). The van der Waals surface area contributed by atoms with Crippen molar-refractivity contribution in [2.24, 2.45) is 5.84 Å². The Bertz CT molecular complexity index is 379. The fraction of sp³-hybridized carbons (Fsp3) is 0.667. The number of hydrazine groups is 1. The first-order valence-electron chi connectivity index (χ1n) is 5.86. The maximum Gasteiger partial charge on any atom is 0.147 e. The number of nitrogens with one attached hydrogen (secondary N) is 1. The molecule has 0 radical (unpaired) electrons. The second kappa shape index (κ2) is 5.93. The number of hydrogen-bond acceptors (Lipinski definition) is 5.